The van der Waals surface area contributed by atoms with Crippen LogP contribution in [0.3, 0.4) is 0 Å². The number of hydrogen-bond donors (Lipinski definition) is 1. The highest BCUT2D eigenvalue weighted by Gasteiger charge is 2.34. The van der Waals surface area contributed by atoms with Crippen LogP contribution in [0.25, 0.3) is 10.9 Å². The lowest BCUT2D eigenvalue weighted by Gasteiger charge is -2.44. The zero-order valence-corrected chi connectivity index (χ0v) is 14.0. The average Bonchev–Trinajstić information content (AvgIpc) is 2.99. The van der Waals surface area contributed by atoms with E-state index >= 15 is 0 Å². The van der Waals surface area contributed by atoms with E-state index in [1.165, 1.54) is 31.3 Å². The minimum absolute atomic E-state index is 0.0714. The second-order valence-electron chi connectivity index (χ2n) is 7.31. The molecule has 0 aliphatic carbocycles. The van der Waals surface area contributed by atoms with Crippen molar-refractivity contribution in [1.82, 2.24) is 14.8 Å². The highest BCUT2D eigenvalue weighted by Crippen LogP contribution is 2.28. The number of rotatable bonds is 3. The monoisotopic (exact) mass is 311 g/mol. The third-order valence-corrected chi connectivity index (χ3v) is 5.51. The zero-order valence-electron chi connectivity index (χ0n) is 14.0. The minimum Gasteiger partial charge on any atom is -0.348 e. The van der Waals surface area contributed by atoms with Gasteiger partial charge in [-0.1, -0.05) is 6.07 Å². The van der Waals surface area contributed by atoms with Gasteiger partial charge in [0.25, 0.3) is 5.91 Å². The van der Waals surface area contributed by atoms with Crippen LogP contribution in [0.5, 0.6) is 0 Å². The van der Waals surface area contributed by atoms with Gasteiger partial charge in [-0.15, -0.1) is 0 Å². The molecule has 3 saturated heterocycles. The molecule has 1 amide bonds. The fourth-order valence-electron chi connectivity index (χ4n) is 4.12. The Hall–Kier alpha value is -1.81. The molecule has 2 bridgehead atoms. The van der Waals surface area contributed by atoms with Crippen molar-refractivity contribution in [3.05, 3.63) is 36.0 Å². The first-order valence-corrected chi connectivity index (χ1v) is 8.75. The first kappa shape index (κ1) is 14.8. The Bertz CT molecular complexity index is 725. The molecule has 1 N–H and O–H groups in total. The predicted molar refractivity (Wildman–Crippen MR) is 92.7 cm³/mol. The summed E-state index contributed by atoms with van der Waals surface area (Å²) in [6.45, 7) is 7.75. The van der Waals surface area contributed by atoms with Crippen LogP contribution in [0.2, 0.25) is 0 Å². The number of hydrogen-bond acceptors (Lipinski definition) is 2. The van der Waals surface area contributed by atoms with E-state index in [-0.39, 0.29) is 5.91 Å². The minimum atomic E-state index is 0.0714. The largest absolute Gasteiger partial charge is 0.348 e. The summed E-state index contributed by atoms with van der Waals surface area (Å²) < 4.78 is 2.22. The van der Waals surface area contributed by atoms with E-state index in [0.717, 1.165) is 17.6 Å². The topological polar surface area (TPSA) is 37.3 Å². The van der Waals surface area contributed by atoms with Crippen molar-refractivity contribution in [2.24, 2.45) is 5.92 Å². The van der Waals surface area contributed by atoms with Gasteiger partial charge in [0.05, 0.1) is 0 Å². The van der Waals surface area contributed by atoms with Gasteiger partial charge in [-0.05, 0) is 69.3 Å². The molecule has 1 aromatic heterocycles. The van der Waals surface area contributed by atoms with Crippen LogP contribution in [-0.2, 0) is 0 Å². The van der Waals surface area contributed by atoms with Gasteiger partial charge in [-0.3, -0.25) is 4.79 Å². The van der Waals surface area contributed by atoms with E-state index < -0.39 is 0 Å². The van der Waals surface area contributed by atoms with Gasteiger partial charge in [0.2, 0.25) is 0 Å². The molecule has 1 atom stereocenters. The van der Waals surface area contributed by atoms with Gasteiger partial charge in [0, 0.05) is 35.9 Å². The standard InChI is InChI=1S/C19H25N3O/c1-13(2)22-10-7-15-3-4-16(11-18(15)22)19(23)20-17-12-21-8-5-14(17)6-9-21/h3-4,7,10-11,13-14,17H,5-6,8-9,12H2,1-2H3,(H,20,23)/t17-/m1/s1. The Morgan fingerprint density at radius 1 is 1.22 bits per heavy atom. The average molecular weight is 311 g/mol. The summed E-state index contributed by atoms with van der Waals surface area (Å²) in [5.41, 5.74) is 1.91. The molecule has 3 aliphatic heterocycles. The predicted octanol–water partition coefficient (Wildman–Crippen LogP) is 3.05. The number of piperidine rings is 3. The Balaban J connectivity index is 1.56. The Morgan fingerprint density at radius 2 is 2.00 bits per heavy atom. The van der Waals surface area contributed by atoms with Gasteiger partial charge in [-0.25, -0.2) is 0 Å². The number of amides is 1. The normalized spacial score (nSPS) is 26.8. The fraction of sp³-hybridized carbons (Fsp3) is 0.526. The first-order chi connectivity index (χ1) is 11.1. The molecule has 1 aromatic carbocycles. The third-order valence-electron chi connectivity index (χ3n) is 5.51. The molecule has 0 radical (unpaired) electrons. The number of carbonyl (C=O) groups is 1. The van der Waals surface area contributed by atoms with Crippen molar-refractivity contribution in [2.45, 2.75) is 38.8 Å². The fourth-order valence-corrected chi connectivity index (χ4v) is 4.12. The van der Waals surface area contributed by atoms with E-state index in [1.807, 2.05) is 12.1 Å². The molecule has 0 spiro atoms. The third kappa shape index (κ3) is 2.65. The van der Waals surface area contributed by atoms with Gasteiger partial charge in [0.1, 0.15) is 0 Å². The summed E-state index contributed by atoms with van der Waals surface area (Å²) in [5.74, 6) is 0.731. The molecule has 4 heteroatoms. The summed E-state index contributed by atoms with van der Waals surface area (Å²) in [5, 5.41) is 4.47. The number of nitrogens with one attached hydrogen (secondary N) is 1. The van der Waals surface area contributed by atoms with Crippen LogP contribution in [-0.4, -0.2) is 41.1 Å². The van der Waals surface area contributed by atoms with Gasteiger partial charge < -0.3 is 14.8 Å². The van der Waals surface area contributed by atoms with Gasteiger partial charge in [-0.2, -0.15) is 0 Å². The first-order valence-electron chi connectivity index (χ1n) is 8.75. The molecule has 4 nitrogen and oxygen atoms in total. The van der Waals surface area contributed by atoms with Crippen LogP contribution in [0.1, 0.15) is 43.1 Å². The van der Waals surface area contributed by atoms with E-state index in [1.54, 1.807) is 0 Å². The van der Waals surface area contributed by atoms with Crippen LogP contribution in [0.15, 0.2) is 30.5 Å². The highest BCUT2D eigenvalue weighted by molar-refractivity contribution is 5.98. The quantitative estimate of drug-likeness (QED) is 0.946. The second-order valence-corrected chi connectivity index (χ2v) is 7.31. The van der Waals surface area contributed by atoms with Crippen LogP contribution in [0, 0.1) is 5.92 Å². The molecule has 2 aromatic rings. The lowest BCUT2D eigenvalue weighted by Crippen LogP contribution is -2.57. The molecular formula is C19H25N3O. The molecular weight excluding hydrogens is 286 g/mol. The van der Waals surface area contributed by atoms with Gasteiger partial charge >= 0.3 is 0 Å². The molecule has 5 rings (SSSR count). The maximum Gasteiger partial charge on any atom is 0.251 e. The molecule has 0 unspecified atom stereocenters. The molecule has 4 heterocycles. The van der Waals surface area contributed by atoms with E-state index in [0.29, 0.717) is 18.0 Å². The van der Waals surface area contributed by atoms with Crippen molar-refractivity contribution >= 4 is 16.8 Å². The van der Waals surface area contributed by atoms with Crippen molar-refractivity contribution in [3.63, 3.8) is 0 Å². The number of fused-ring (bicyclic) bond motifs is 4. The number of aromatic nitrogens is 1. The highest BCUT2D eigenvalue weighted by atomic mass is 16.1. The summed E-state index contributed by atoms with van der Waals surface area (Å²) in [7, 11) is 0. The van der Waals surface area contributed by atoms with E-state index in [4.69, 9.17) is 0 Å². The molecule has 23 heavy (non-hydrogen) atoms. The zero-order chi connectivity index (χ0) is 16.0. The summed E-state index contributed by atoms with van der Waals surface area (Å²) >= 11 is 0. The number of carbonyl (C=O) groups excluding carboxylic acids is 1. The number of benzene rings is 1. The van der Waals surface area contributed by atoms with Crippen molar-refractivity contribution in [2.75, 3.05) is 19.6 Å². The Kier molecular flexibility index (Phi) is 3.64. The number of nitrogens with zero attached hydrogens (tertiary/aromatic N) is 2. The molecule has 122 valence electrons. The molecule has 0 saturated carbocycles. The summed E-state index contributed by atoms with van der Waals surface area (Å²) in [4.78, 5) is 15.2. The van der Waals surface area contributed by atoms with Crippen LogP contribution >= 0.6 is 0 Å². The lowest BCUT2D eigenvalue weighted by atomic mass is 9.84. The maximum absolute atomic E-state index is 12.7. The Labute approximate surface area is 137 Å². The second kappa shape index (κ2) is 5.68. The van der Waals surface area contributed by atoms with Crippen molar-refractivity contribution in [1.29, 1.82) is 0 Å². The molecule has 3 fully saturated rings. The summed E-state index contributed by atoms with van der Waals surface area (Å²) in [6, 6.07) is 8.87. The smallest absolute Gasteiger partial charge is 0.251 e. The SMILES string of the molecule is CC(C)n1ccc2ccc(C(=O)N[C@@H]3CN4CCC3CC4)cc21. The van der Waals surface area contributed by atoms with E-state index in [2.05, 4.69) is 47.0 Å². The van der Waals surface area contributed by atoms with Crippen LogP contribution in [0.4, 0.5) is 0 Å². The van der Waals surface area contributed by atoms with Crippen LogP contribution < -0.4 is 5.32 Å². The maximum atomic E-state index is 12.7. The lowest BCUT2D eigenvalue weighted by molar-refractivity contribution is 0.0620. The van der Waals surface area contributed by atoms with Crippen molar-refractivity contribution < 1.29 is 4.79 Å². The Morgan fingerprint density at radius 3 is 2.65 bits per heavy atom. The van der Waals surface area contributed by atoms with Crippen molar-refractivity contribution in [3.8, 4) is 0 Å². The summed E-state index contributed by atoms with van der Waals surface area (Å²) in [6.07, 6.45) is 4.55. The molecule has 3 aliphatic rings. The van der Waals surface area contributed by atoms with E-state index in [9.17, 15) is 4.79 Å². The van der Waals surface area contributed by atoms with Gasteiger partial charge in [0.15, 0.2) is 0 Å².